The molecule has 0 bridgehead atoms. The van der Waals surface area contributed by atoms with Crippen molar-refractivity contribution in [3.8, 4) is 5.75 Å². The van der Waals surface area contributed by atoms with Crippen molar-refractivity contribution in [3.05, 3.63) is 48.3 Å². The van der Waals surface area contributed by atoms with Gasteiger partial charge in [0.05, 0.1) is 11.2 Å². The monoisotopic (exact) mass is 338 g/mol. The highest BCUT2D eigenvalue weighted by Crippen LogP contribution is 2.23. The Morgan fingerprint density at radius 2 is 2.00 bits per heavy atom. The number of ether oxygens (including phenoxy) is 1. The van der Waals surface area contributed by atoms with Gasteiger partial charge in [-0.15, -0.1) is 0 Å². The van der Waals surface area contributed by atoms with Crippen molar-refractivity contribution in [2.24, 2.45) is 0 Å². The van der Waals surface area contributed by atoms with Gasteiger partial charge in [-0.3, -0.25) is 9.78 Å². The number of hydrogen-bond donors (Lipinski definition) is 1. The maximum absolute atomic E-state index is 12.3. The molecule has 0 unspecified atom stereocenters. The Kier molecular flexibility index (Phi) is 4.44. The molecule has 6 heteroatoms. The molecular formula is C19H22N4O2. The lowest BCUT2D eigenvalue weighted by Crippen LogP contribution is -2.28. The van der Waals surface area contributed by atoms with Crippen LogP contribution >= 0.6 is 0 Å². The maximum Gasteiger partial charge on any atom is 0.263 e. The second-order valence-corrected chi connectivity index (χ2v) is 6.92. The number of fused-ring (bicyclic) bond motifs is 1. The first-order chi connectivity index (χ1) is 11.8. The van der Waals surface area contributed by atoms with Crippen molar-refractivity contribution in [1.29, 1.82) is 0 Å². The predicted octanol–water partition coefficient (Wildman–Crippen LogP) is 3.51. The Labute approximate surface area is 146 Å². The van der Waals surface area contributed by atoms with Gasteiger partial charge in [-0.05, 0) is 39.8 Å². The van der Waals surface area contributed by atoms with Gasteiger partial charge in [-0.1, -0.05) is 18.2 Å². The molecule has 3 rings (SSSR count). The first-order valence-electron chi connectivity index (χ1n) is 8.18. The maximum atomic E-state index is 12.3. The molecule has 0 aliphatic carbocycles. The lowest BCUT2D eigenvalue weighted by atomic mass is 10.1. The van der Waals surface area contributed by atoms with Gasteiger partial charge in [0.15, 0.2) is 6.61 Å². The van der Waals surface area contributed by atoms with Crippen LogP contribution in [0, 0.1) is 6.92 Å². The molecule has 0 radical (unpaired) electrons. The molecule has 1 amide bonds. The Bertz CT molecular complexity index is 904. The number of para-hydroxylation sites is 1. The van der Waals surface area contributed by atoms with Crippen molar-refractivity contribution < 1.29 is 9.53 Å². The fraction of sp³-hybridized carbons (Fsp3) is 0.316. The summed E-state index contributed by atoms with van der Waals surface area (Å²) in [6.45, 7) is 7.91. The molecule has 2 aromatic heterocycles. The van der Waals surface area contributed by atoms with E-state index < -0.39 is 0 Å². The first kappa shape index (κ1) is 17.0. The molecule has 2 heterocycles. The number of rotatable bonds is 4. The molecule has 25 heavy (non-hydrogen) atoms. The van der Waals surface area contributed by atoms with Gasteiger partial charge in [0, 0.05) is 17.6 Å². The molecule has 0 atom stereocenters. The minimum absolute atomic E-state index is 0.0932. The highest BCUT2D eigenvalue weighted by Gasteiger charge is 2.20. The number of carbonyl (C=O) groups excluding carboxylic acids is 1. The molecule has 0 saturated carbocycles. The van der Waals surface area contributed by atoms with Crippen LogP contribution in [0.3, 0.4) is 0 Å². The van der Waals surface area contributed by atoms with Gasteiger partial charge in [0.2, 0.25) is 0 Å². The van der Waals surface area contributed by atoms with Crippen LogP contribution in [0.5, 0.6) is 5.75 Å². The number of nitrogens with one attached hydrogen (secondary N) is 1. The van der Waals surface area contributed by atoms with E-state index in [-0.39, 0.29) is 18.1 Å². The second-order valence-electron chi connectivity index (χ2n) is 6.92. The highest BCUT2D eigenvalue weighted by atomic mass is 16.5. The van der Waals surface area contributed by atoms with Crippen LogP contribution in [0.1, 0.15) is 26.5 Å². The van der Waals surface area contributed by atoms with Crippen molar-refractivity contribution in [1.82, 2.24) is 14.8 Å². The molecule has 0 fully saturated rings. The molecule has 6 nitrogen and oxygen atoms in total. The summed E-state index contributed by atoms with van der Waals surface area (Å²) in [6, 6.07) is 11.3. The van der Waals surface area contributed by atoms with Gasteiger partial charge in [-0.25, -0.2) is 4.68 Å². The van der Waals surface area contributed by atoms with Crippen LogP contribution in [0.15, 0.2) is 42.6 Å². The van der Waals surface area contributed by atoms with E-state index >= 15 is 0 Å². The van der Waals surface area contributed by atoms with Crippen molar-refractivity contribution in [3.63, 3.8) is 0 Å². The van der Waals surface area contributed by atoms with Crippen molar-refractivity contribution in [2.75, 3.05) is 11.9 Å². The molecule has 0 aliphatic rings. The van der Waals surface area contributed by atoms with E-state index in [9.17, 15) is 4.79 Å². The molecule has 3 aromatic rings. The quantitative estimate of drug-likeness (QED) is 0.790. The molecular weight excluding hydrogens is 316 g/mol. The number of benzene rings is 1. The third-order valence-corrected chi connectivity index (χ3v) is 3.69. The van der Waals surface area contributed by atoms with Crippen LogP contribution in [0.4, 0.5) is 5.82 Å². The Hall–Kier alpha value is -2.89. The molecule has 1 aromatic carbocycles. The zero-order chi connectivity index (χ0) is 18.0. The second kappa shape index (κ2) is 6.55. The molecule has 1 N–H and O–H groups in total. The summed E-state index contributed by atoms with van der Waals surface area (Å²) in [6.07, 6.45) is 1.71. The van der Waals surface area contributed by atoms with E-state index in [0.717, 1.165) is 16.6 Å². The van der Waals surface area contributed by atoms with Gasteiger partial charge in [0.25, 0.3) is 5.91 Å². The van der Waals surface area contributed by atoms with E-state index in [0.29, 0.717) is 11.6 Å². The van der Waals surface area contributed by atoms with Crippen LogP contribution in [-0.2, 0) is 10.3 Å². The number of anilines is 1. The normalized spacial score (nSPS) is 11.5. The SMILES string of the molecule is Cc1cc(NC(=O)COc2cccc3cccnc23)n(C(C)(C)C)n1. The lowest BCUT2D eigenvalue weighted by Gasteiger charge is -2.22. The fourth-order valence-corrected chi connectivity index (χ4v) is 2.61. The number of nitrogens with zero attached hydrogens (tertiary/aromatic N) is 3. The number of amides is 1. The zero-order valence-electron chi connectivity index (χ0n) is 14.9. The average Bonchev–Trinajstić information content (AvgIpc) is 2.93. The predicted molar refractivity (Wildman–Crippen MR) is 97.8 cm³/mol. The standard InChI is InChI=1S/C19H22N4O2/c1-13-11-16(23(22-13)19(2,3)4)21-17(24)12-25-15-9-5-7-14-8-6-10-20-18(14)15/h5-11H,12H2,1-4H3,(H,21,24). The third kappa shape index (κ3) is 3.79. The van der Waals surface area contributed by atoms with Crippen molar-refractivity contribution >= 4 is 22.6 Å². The summed E-state index contributed by atoms with van der Waals surface area (Å²) in [5, 5.41) is 8.29. The van der Waals surface area contributed by atoms with Crippen LogP contribution in [-0.4, -0.2) is 27.3 Å². The first-order valence-corrected chi connectivity index (χ1v) is 8.18. The number of aromatic nitrogens is 3. The summed E-state index contributed by atoms with van der Waals surface area (Å²) in [4.78, 5) is 16.6. The average molecular weight is 338 g/mol. The van der Waals surface area contributed by atoms with E-state index in [1.54, 1.807) is 10.9 Å². The van der Waals surface area contributed by atoms with E-state index in [1.807, 2.05) is 64.1 Å². The van der Waals surface area contributed by atoms with Crippen molar-refractivity contribution in [2.45, 2.75) is 33.2 Å². The molecule has 130 valence electrons. The number of pyridine rings is 1. The van der Waals surface area contributed by atoms with E-state index in [4.69, 9.17) is 4.74 Å². The summed E-state index contributed by atoms with van der Waals surface area (Å²) in [7, 11) is 0. The Morgan fingerprint density at radius 3 is 2.76 bits per heavy atom. The number of hydrogen-bond acceptors (Lipinski definition) is 4. The summed E-state index contributed by atoms with van der Waals surface area (Å²) in [5.74, 6) is 1.02. The minimum atomic E-state index is -0.238. The smallest absolute Gasteiger partial charge is 0.263 e. The van der Waals surface area contributed by atoms with E-state index in [1.165, 1.54) is 0 Å². The van der Waals surface area contributed by atoms with Gasteiger partial charge < -0.3 is 10.1 Å². The third-order valence-electron chi connectivity index (χ3n) is 3.69. The molecule has 0 aliphatic heterocycles. The topological polar surface area (TPSA) is 69.0 Å². The van der Waals surface area contributed by atoms with Gasteiger partial charge >= 0.3 is 0 Å². The van der Waals surface area contributed by atoms with E-state index in [2.05, 4.69) is 15.4 Å². The zero-order valence-corrected chi connectivity index (χ0v) is 14.9. The minimum Gasteiger partial charge on any atom is -0.481 e. The summed E-state index contributed by atoms with van der Waals surface area (Å²) >= 11 is 0. The Morgan fingerprint density at radius 1 is 1.24 bits per heavy atom. The van der Waals surface area contributed by atoms with Gasteiger partial charge in [0.1, 0.15) is 17.1 Å². The largest absolute Gasteiger partial charge is 0.481 e. The fourth-order valence-electron chi connectivity index (χ4n) is 2.61. The molecule has 0 spiro atoms. The summed E-state index contributed by atoms with van der Waals surface area (Å²) in [5.41, 5.74) is 1.37. The molecule has 0 saturated heterocycles. The number of carbonyl (C=O) groups is 1. The highest BCUT2D eigenvalue weighted by molar-refractivity contribution is 5.91. The van der Waals surface area contributed by atoms with Crippen LogP contribution in [0.2, 0.25) is 0 Å². The van der Waals surface area contributed by atoms with Crippen LogP contribution < -0.4 is 10.1 Å². The summed E-state index contributed by atoms with van der Waals surface area (Å²) < 4.78 is 7.49. The van der Waals surface area contributed by atoms with Crippen LogP contribution in [0.25, 0.3) is 10.9 Å². The lowest BCUT2D eigenvalue weighted by molar-refractivity contribution is -0.118. The Balaban J connectivity index is 1.72. The van der Waals surface area contributed by atoms with Gasteiger partial charge in [-0.2, -0.15) is 5.10 Å². The number of aryl methyl sites for hydroxylation is 1.